The molecule has 127 valence electrons. The molecule has 0 aromatic rings. The molecule has 0 saturated heterocycles. The molecule has 0 atom stereocenters. The summed E-state index contributed by atoms with van der Waals surface area (Å²) in [5.74, 6) is 0. The largest absolute Gasteiger partial charge is 0.237 e. The molecule has 0 spiro atoms. The van der Waals surface area contributed by atoms with Crippen LogP contribution in [0.4, 0.5) is 0 Å². The van der Waals surface area contributed by atoms with Gasteiger partial charge in [0.1, 0.15) is 7.11 Å². The van der Waals surface area contributed by atoms with Crippen molar-refractivity contribution in [1.29, 1.82) is 0 Å². The zero-order chi connectivity index (χ0) is 15.4. The fourth-order valence-corrected chi connectivity index (χ4v) is 2.77. The van der Waals surface area contributed by atoms with E-state index in [2.05, 4.69) is 18.9 Å². The van der Waals surface area contributed by atoms with Gasteiger partial charge in [-0.15, -0.1) is 0 Å². The summed E-state index contributed by atoms with van der Waals surface area (Å²) < 4.78 is 0. The average molecular weight is 300 g/mol. The highest BCUT2D eigenvalue weighted by atomic mass is 17.2. The summed E-state index contributed by atoms with van der Waals surface area (Å²) >= 11 is 0. The van der Waals surface area contributed by atoms with Crippen LogP contribution in [0, 0.1) is 7.11 Å². The maximum atomic E-state index is 4.74. The molecular formula is C19H39O2. The molecule has 21 heavy (non-hydrogen) atoms. The zero-order valence-corrected chi connectivity index (χ0v) is 14.5. The van der Waals surface area contributed by atoms with E-state index in [-0.39, 0.29) is 0 Å². The molecular weight excluding hydrogens is 260 g/mol. The highest BCUT2D eigenvalue weighted by molar-refractivity contribution is 4.49. The topological polar surface area (TPSA) is 18.5 Å². The third-order valence-corrected chi connectivity index (χ3v) is 4.16. The molecule has 0 aliphatic carbocycles. The van der Waals surface area contributed by atoms with Gasteiger partial charge in [-0.3, -0.25) is 0 Å². The van der Waals surface area contributed by atoms with E-state index >= 15 is 0 Å². The molecule has 0 saturated carbocycles. The lowest BCUT2D eigenvalue weighted by Gasteiger charge is -2.03. The Hall–Kier alpha value is -0.0800. The van der Waals surface area contributed by atoms with E-state index in [0.717, 1.165) is 6.42 Å². The van der Waals surface area contributed by atoms with Crippen LogP contribution in [0.5, 0.6) is 0 Å². The first-order valence-electron chi connectivity index (χ1n) is 9.45. The molecule has 2 nitrogen and oxygen atoms in total. The fraction of sp³-hybridized carbons (Fsp3) is 0.947. The Morgan fingerprint density at radius 1 is 0.524 bits per heavy atom. The maximum Gasteiger partial charge on any atom is 0.109 e. The quantitative estimate of drug-likeness (QED) is 0.154. The number of rotatable bonds is 18. The summed E-state index contributed by atoms with van der Waals surface area (Å²) in [6.45, 7) is 2.97. The van der Waals surface area contributed by atoms with E-state index in [4.69, 9.17) is 4.89 Å². The molecule has 0 aromatic heterocycles. The summed E-state index contributed by atoms with van der Waals surface area (Å²) in [6.07, 6.45) is 22.3. The average Bonchev–Trinajstić information content (AvgIpc) is 2.50. The summed E-state index contributed by atoms with van der Waals surface area (Å²) in [5.41, 5.74) is 0. The minimum Gasteiger partial charge on any atom is -0.237 e. The van der Waals surface area contributed by atoms with Crippen LogP contribution in [-0.4, -0.2) is 6.61 Å². The second kappa shape index (κ2) is 19.9. The third-order valence-electron chi connectivity index (χ3n) is 4.16. The van der Waals surface area contributed by atoms with Crippen molar-refractivity contribution >= 4 is 0 Å². The lowest BCUT2D eigenvalue weighted by Crippen LogP contribution is -1.91. The van der Waals surface area contributed by atoms with E-state index in [1.807, 2.05) is 0 Å². The molecule has 0 rings (SSSR count). The number of hydrogen-bond donors (Lipinski definition) is 0. The van der Waals surface area contributed by atoms with Crippen LogP contribution in [0.1, 0.15) is 110 Å². The van der Waals surface area contributed by atoms with Crippen LogP contribution < -0.4 is 0 Å². The SMILES string of the molecule is [CH2]OOCCCCCCCCCCCCCCCCCC. The van der Waals surface area contributed by atoms with Crippen LogP contribution in [0.3, 0.4) is 0 Å². The molecule has 1 radical (unpaired) electrons. The number of hydrogen-bond acceptors (Lipinski definition) is 2. The molecule has 0 N–H and O–H groups in total. The van der Waals surface area contributed by atoms with Crippen molar-refractivity contribution in [1.82, 2.24) is 0 Å². The fourth-order valence-electron chi connectivity index (χ4n) is 2.77. The van der Waals surface area contributed by atoms with Gasteiger partial charge in [-0.25, -0.2) is 9.78 Å². The van der Waals surface area contributed by atoms with Gasteiger partial charge < -0.3 is 0 Å². The number of unbranched alkanes of at least 4 members (excludes halogenated alkanes) is 15. The molecule has 0 aromatic carbocycles. The summed E-state index contributed by atoms with van der Waals surface area (Å²) in [5, 5.41) is 0. The van der Waals surface area contributed by atoms with E-state index in [1.165, 1.54) is 96.3 Å². The van der Waals surface area contributed by atoms with E-state index < -0.39 is 0 Å². The van der Waals surface area contributed by atoms with Crippen molar-refractivity contribution in [3.05, 3.63) is 7.11 Å². The van der Waals surface area contributed by atoms with Crippen LogP contribution >= 0.6 is 0 Å². The van der Waals surface area contributed by atoms with Crippen molar-refractivity contribution < 1.29 is 9.78 Å². The van der Waals surface area contributed by atoms with Gasteiger partial charge in [-0.1, -0.05) is 103 Å². The minimum absolute atomic E-state index is 0.682. The normalized spacial score (nSPS) is 11.1. The Kier molecular flexibility index (Phi) is 19.8. The van der Waals surface area contributed by atoms with Gasteiger partial charge in [-0.2, -0.15) is 0 Å². The first kappa shape index (κ1) is 20.9. The Balaban J connectivity index is 2.90. The summed E-state index contributed by atoms with van der Waals surface area (Å²) in [6, 6.07) is 0. The smallest absolute Gasteiger partial charge is 0.109 e. The molecule has 0 amide bonds. The van der Waals surface area contributed by atoms with E-state index in [0.29, 0.717) is 6.61 Å². The van der Waals surface area contributed by atoms with Gasteiger partial charge in [0.25, 0.3) is 0 Å². The van der Waals surface area contributed by atoms with Gasteiger partial charge in [0, 0.05) is 0 Å². The van der Waals surface area contributed by atoms with E-state index in [9.17, 15) is 0 Å². The lowest BCUT2D eigenvalue weighted by atomic mass is 10.0. The summed E-state index contributed by atoms with van der Waals surface area (Å²) in [4.78, 5) is 9.06. The van der Waals surface area contributed by atoms with Crippen LogP contribution in [-0.2, 0) is 9.78 Å². The monoisotopic (exact) mass is 299 g/mol. The second-order valence-corrected chi connectivity index (χ2v) is 6.24. The molecule has 0 aliphatic rings. The predicted octanol–water partition coefficient (Wildman–Crippen LogP) is 6.99. The third kappa shape index (κ3) is 19.9. The highest BCUT2D eigenvalue weighted by Gasteiger charge is 1.94. The Bertz CT molecular complexity index is 153. The van der Waals surface area contributed by atoms with Crippen LogP contribution in [0.15, 0.2) is 0 Å². The first-order valence-corrected chi connectivity index (χ1v) is 9.45. The summed E-state index contributed by atoms with van der Waals surface area (Å²) in [7, 11) is 3.17. The van der Waals surface area contributed by atoms with Gasteiger partial charge in [0.05, 0.1) is 6.61 Å². The Labute approximate surface area is 133 Å². The molecule has 0 aliphatic heterocycles. The van der Waals surface area contributed by atoms with E-state index in [1.54, 1.807) is 0 Å². The van der Waals surface area contributed by atoms with Gasteiger partial charge in [-0.05, 0) is 6.42 Å². The lowest BCUT2D eigenvalue weighted by molar-refractivity contribution is -0.253. The van der Waals surface area contributed by atoms with Crippen molar-refractivity contribution in [2.75, 3.05) is 6.61 Å². The molecule has 0 fully saturated rings. The minimum atomic E-state index is 0.682. The first-order chi connectivity index (χ1) is 10.4. The Morgan fingerprint density at radius 2 is 0.857 bits per heavy atom. The highest BCUT2D eigenvalue weighted by Crippen LogP contribution is 2.13. The van der Waals surface area contributed by atoms with Crippen molar-refractivity contribution in [2.45, 2.75) is 110 Å². The molecule has 0 heterocycles. The zero-order valence-electron chi connectivity index (χ0n) is 14.5. The predicted molar refractivity (Wildman–Crippen MR) is 91.9 cm³/mol. The molecule has 0 bridgehead atoms. The van der Waals surface area contributed by atoms with Gasteiger partial charge in [0.2, 0.25) is 0 Å². The standard InChI is InChI=1S/C19H39O2/c1-3-4-5-6-7-8-9-10-11-12-13-14-15-16-17-18-19-21-20-2/h2-19H2,1H3. The second-order valence-electron chi connectivity index (χ2n) is 6.24. The van der Waals surface area contributed by atoms with Crippen molar-refractivity contribution in [3.63, 3.8) is 0 Å². The van der Waals surface area contributed by atoms with Gasteiger partial charge >= 0.3 is 0 Å². The van der Waals surface area contributed by atoms with Gasteiger partial charge in [0.15, 0.2) is 0 Å². The van der Waals surface area contributed by atoms with Crippen LogP contribution in [0.2, 0.25) is 0 Å². The van der Waals surface area contributed by atoms with Crippen molar-refractivity contribution in [2.24, 2.45) is 0 Å². The Morgan fingerprint density at radius 3 is 1.19 bits per heavy atom. The molecule has 2 heteroatoms. The molecule has 0 unspecified atom stereocenters. The van der Waals surface area contributed by atoms with Crippen molar-refractivity contribution in [3.8, 4) is 0 Å². The maximum absolute atomic E-state index is 4.74. The van der Waals surface area contributed by atoms with Crippen LogP contribution in [0.25, 0.3) is 0 Å².